The molecule has 3 rings (SSSR count). The molecule has 0 radical (unpaired) electrons. The van der Waals surface area contributed by atoms with Gasteiger partial charge in [0.2, 0.25) is 5.76 Å². The SMILES string of the molecule is CC(C)(C)OC(=O)N1CCC(Oc2ccc3oc(C(=O)O)cc3c2)CC1. The first-order chi connectivity index (χ1) is 12.2. The lowest BCUT2D eigenvalue weighted by Gasteiger charge is -2.33. The molecule has 0 unspecified atom stereocenters. The third kappa shape index (κ3) is 4.28. The van der Waals surface area contributed by atoms with Gasteiger partial charge < -0.3 is 23.9 Å². The van der Waals surface area contributed by atoms with Gasteiger partial charge in [-0.25, -0.2) is 9.59 Å². The molecule has 1 N–H and O–H groups in total. The van der Waals surface area contributed by atoms with Gasteiger partial charge >= 0.3 is 12.1 Å². The van der Waals surface area contributed by atoms with Gasteiger partial charge in [-0.2, -0.15) is 0 Å². The van der Waals surface area contributed by atoms with E-state index >= 15 is 0 Å². The van der Waals surface area contributed by atoms with Gasteiger partial charge in [-0.1, -0.05) is 0 Å². The van der Waals surface area contributed by atoms with E-state index in [1.165, 1.54) is 6.07 Å². The van der Waals surface area contributed by atoms with Crippen LogP contribution in [0.1, 0.15) is 44.2 Å². The van der Waals surface area contributed by atoms with Crippen LogP contribution in [0.4, 0.5) is 4.79 Å². The van der Waals surface area contributed by atoms with Gasteiger partial charge in [0.1, 0.15) is 23.0 Å². The van der Waals surface area contributed by atoms with Gasteiger partial charge in [0.05, 0.1) is 0 Å². The van der Waals surface area contributed by atoms with Gasteiger partial charge in [-0.3, -0.25) is 0 Å². The highest BCUT2D eigenvalue weighted by atomic mass is 16.6. The fourth-order valence-corrected chi connectivity index (χ4v) is 2.88. The maximum absolute atomic E-state index is 12.1. The van der Waals surface area contributed by atoms with Crippen molar-refractivity contribution in [3.05, 3.63) is 30.0 Å². The molecular weight excluding hydrogens is 338 g/mol. The maximum atomic E-state index is 12.1. The Kier molecular flexibility index (Phi) is 4.80. The van der Waals surface area contributed by atoms with Crippen molar-refractivity contribution in [3.63, 3.8) is 0 Å². The summed E-state index contributed by atoms with van der Waals surface area (Å²) in [4.78, 5) is 24.8. The van der Waals surface area contributed by atoms with E-state index in [4.69, 9.17) is 19.0 Å². The van der Waals surface area contributed by atoms with E-state index in [0.29, 0.717) is 42.6 Å². The number of benzene rings is 1. The number of hydrogen-bond donors (Lipinski definition) is 1. The third-order valence-electron chi connectivity index (χ3n) is 4.09. The Morgan fingerprint density at radius 1 is 1.19 bits per heavy atom. The second kappa shape index (κ2) is 6.90. The number of nitrogens with zero attached hydrogens (tertiary/aromatic N) is 1. The molecule has 1 saturated heterocycles. The number of aromatic carboxylic acids is 1. The Morgan fingerprint density at radius 2 is 1.88 bits per heavy atom. The summed E-state index contributed by atoms with van der Waals surface area (Å²) in [6.45, 7) is 6.71. The fraction of sp³-hybridized carbons (Fsp3) is 0.474. The van der Waals surface area contributed by atoms with Crippen LogP contribution < -0.4 is 4.74 Å². The van der Waals surface area contributed by atoms with Crippen LogP contribution in [0.2, 0.25) is 0 Å². The van der Waals surface area contributed by atoms with Crippen molar-refractivity contribution in [3.8, 4) is 5.75 Å². The first-order valence-electron chi connectivity index (χ1n) is 8.63. The van der Waals surface area contributed by atoms with Crippen molar-refractivity contribution >= 4 is 23.0 Å². The van der Waals surface area contributed by atoms with Crippen LogP contribution >= 0.6 is 0 Å². The van der Waals surface area contributed by atoms with Crippen LogP contribution in [-0.2, 0) is 4.74 Å². The second-order valence-electron chi connectivity index (χ2n) is 7.40. The Morgan fingerprint density at radius 3 is 2.50 bits per heavy atom. The highest BCUT2D eigenvalue weighted by Gasteiger charge is 2.27. The predicted octanol–water partition coefficient (Wildman–Crippen LogP) is 3.91. The van der Waals surface area contributed by atoms with Crippen molar-refractivity contribution in [2.24, 2.45) is 0 Å². The largest absolute Gasteiger partial charge is 0.490 e. The molecule has 0 aliphatic carbocycles. The summed E-state index contributed by atoms with van der Waals surface area (Å²) < 4.78 is 16.6. The number of fused-ring (bicyclic) bond motifs is 1. The van der Waals surface area contributed by atoms with E-state index in [1.54, 1.807) is 23.1 Å². The molecule has 7 nitrogen and oxygen atoms in total. The number of carboxylic acids is 1. The Labute approximate surface area is 151 Å². The van der Waals surface area contributed by atoms with E-state index in [9.17, 15) is 9.59 Å². The van der Waals surface area contributed by atoms with Crippen LogP contribution in [-0.4, -0.2) is 46.9 Å². The number of rotatable bonds is 3. The number of carbonyl (C=O) groups is 2. The Balaban J connectivity index is 1.58. The average Bonchev–Trinajstić information content (AvgIpc) is 2.97. The van der Waals surface area contributed by atoms with Crippen molar-refractivity contribution < 1.29 is 28.6 Å². The molecule has 1 aliphatic rings. The molecule has 1 aromatic carbocycles. The standard InChI is InChI=1S/C19H23NO6/c1-19(2,3)26-18(23)20-8-6-13(7-9-20)24-14-4-5-15-12(10-14)11-16(25-15)17(21)22/h4-5,10-11,13H,6-9H2,1-3H3,(H,21,22). The Hall–Kier alpha value is -2.70. The molecule has 7 heteroatoms. The summed E-state index contributed by atoms with van der Waals surface area (Å²) >= 11 is 0. The summed E-state index contributed by atoms with van der Waals surface area (Å²) in [6.07, 6.45) is 1.13. The molecule has 2 aromatic rings. The molecule has 26 heavy (non-hydrogen) atoms. The molecule has 2 heterocycles. The molecule has 1 amide bonds. The van der Waals surface area contributed by atoms with Gasteiger partial charge in [-0.15, -0.1) is 0 Å². The van der Waals surface area contributed by atoms with Crippen molar-refractivity contribution in [1.29, 1.82) is 0 Å². The van der Waals surface area contributed by atoms with E-state index in [1.807, 2.05) is 20.8 Å². The molecule has 1 aromatic heterocycles. The number of hydrogen-bond acceptors (Lipinski definition) is 5. The molecule has 0 bridgehead atoms. The topological polar surface area (TPSA) is 89.2 Å². The first-order valence-corrected chi connectivity index (χ1v) is 8.63. The average molecular weight is 361 g/mol. The lowest BCUT2D eigenvalue weighted by Crippen LogP contribution is -2.44. The summed E-state index contributed by atoms with van der Waals surface area (Å²) in [5.74, 6) is -0.535. The molecule has 1 fully saturated rings. The quantitative estimate of drug-likeness (QED) is 0.891. The molecule has 0 saturated carbocycles. The first kappa shape index (κ1) is 18.1. The van der Waals surface area contributed by atoms with Crippen molar-refractivity contribution in [1.82, 2.24) is 4.90 Å². The number of carboxylic acid groups (broad SMARTS) is 1. The number of carbonyl (C=O) groups excluding carboxylic acids is 1. The second-order valence-corrected chi connectivity index (χ2v) is 7.40. The van der Waals surface area contributed by atoms with E-state index < -0.39 is 11.6 Å². The maximum Gasteiger partial charge on any atom is 0.410 e. The van der Waals surface area contributed by atoms with Crippen molar-refractivity contribution in [2.75, 3.05) is 13.1 Å². The van der Waals surface area contributed by atoms with Crippen molar-refractivity contribution in [2.45, 2.75) is 45.3 Å². The minimum absolute atomic E-state index is 0.00279. The lowest BCUT2D eigenvalue weighted by molar-refractivity contribution is 0.0126. The van der Waals surface area contributed by atoms with Crippen LogP contribution in [0.3, 0.4) is 0 Å². The van der Waals surface area contributed by atoms with E-state index in [0.717, 1.165) is 0 Å². The molecule has 140 valence electrons. The third-order valence-corrected chi connectivity index (χ3v) is 4.09. The molecule has 0 atom stereocenters. The highest BCUT2D eigenvalue weighted by Crippen LogP contribution is 2.27. The van der Waals surface area contributed by atoms with Crippen LogP contribution in [0, 0.1) is 0 Å². The Bertz CT molecular complexity index is 811. The fourth-order valence-electron chi connectivity index (χ4n) is 2.88. The zero-order valence-electron chi connectivity index (χ0n) is 15.2. The summed E-state index contributed by atoms with van der Waals surface area (Å²) in [5.41, 5.74) is 0.00804. The number of ether oxygens (including phenoxy) is 2. The van der Waals surface area contributed by atoms with Gasteiger partial charge in [-0.05, 0) is 45.0 Å². The molecule has 1 aliphatic heterocycles. The van der Waals surface area contributed by atoms with Gasteiger partial charge in [0, 0.05) is 31.3 Å². The van der Waals surface area contributed by atoms with E-state index in [-0.39, 0.29) is 18.0 Å². The van der Waals surface area contributed by atoms with Crippen LogP contribution in [0.25, 0.3) is 11.0 Å². The smallest absolute Gasteiger partial charge is 0.410 e. The molecular formula is C19H23NO6. The summed E-state index contributed by atoms with van der Waals surface area (Å²) in [5, 5.41) is 9.68. The van der Waals surface area contributed by atoms with Crippen LogP contribution in [0.15, 0.2) is 28.7 Å². The van der Waals surface area contributed by atoms with Crippen LogP contribution in [0.5, 0.6) is 5.75 Å². The number of furan rings is 1. The van der Waals surface area contributed by atoms with Gasteiger partial charge in [0.25, 0.3) is 0 Å². The summed E-state index contributed by atoms with van der Waals surface area (Å²) in [6, 6.07) is 6.71. The summed E-state index contributed by atoms with van der Waals surface area (Å²) in [7, 11) is 0. The number of amides is 1. The van der Waals surface area contributed by atoms with E-state index in [2.05, 4.69) is 0 Å². The minimum Gasteiger partial charge on any atom is -0.490 e. The monoisotopic (exact) mass is 361 g/mol. The highest BCUT2D eigenvalue weighted by molar-refractivity contribution is 5.91. The lowest BCUT2D eigenvalue weighted by atomic mass is 10.1. The predicted molar refractivity (Wildman–Crippen MR) is 94.6 cm³/mol. The normalized spacial score (nSPS) is 15.9. The number of likely N-dealkylation sites (tertiary alicyclic amines) is 1. The van der Waals surface area contributed by atoms with Gasteiger partial charge in [0.15, 0.2) is 0 Å². The number of piperidine rings is 1. The minimum atomic E-state index is -1.10. The zero-order chi connectivity index (χ0) is 18.9. The zero-order valence-corrected chi connectivity index (χ0v) is 15.2. The molecule has 0 spiro atoms.